The summed E-state index contributed by atoms with van der Waals surface area (Å²) >= 11 is 7.92. The molecule has 0 bridgehead atoms. The van der Waals surface area contributed by atoms with Crippen molar-refractivity contribution in [3.8, 4) is 0 Å². The van der Waals surface area contributed by atoms with Crippen LogP contribution < -0.4 is 0 Å². The molecule has 0 heterocycles. The number of rotatable bonds is 1. The molecule has 0 saturated heterocycles. The summed E-state index contributed by atoms with van der Waals surface area (Å²) in [4.78, 5) is 0. The van der Waals surface area contributed by atoms with Crippen LogP contribution in [0.5, 0.6) is 0 Å². The Kier molecular flexibility index (Phi) is 5.43. The second-order valence-corrected chi connectivity index (χ2v) is 1.70. The maximum absolute atomic E-state index is 4.16. The van der Waals surface area contributed by atoms with Crippen LogP contribution in [-0.2, 0) is 12.4 Å². The average molecular weight is 121 g/mol. The molecule has 0 unspecified atom stereocenters. The number of hydrogen-bond donors (Lipinski definition) is 1. The first-order valence-electron chi connectivity index (χ1n) is 0.899. The van der Waals surface area contributed by atoms with Crippen molar-refractivity contribution in [2.24, 2.45) is 4.27 Å². The molecular formula is HBNPS2. The molecule has 0 spiro atoms. The normalized spacial score (nSPS) is 7.40. The van der Waals surface area contributed by atoms with Gasteiger partial charge in [0.25, 0.3) is 0 Å². The monoisotopic (exact) mass is 121 g/mol. The topological polar surface area (TPSA) is 12.4 Å². The van der Waals surface area contributed by atoms with Gasteiger partial charge < -0.3 is 0 Å². The third-order valence-electron chi connectivity index (χ3n) is 0.0988. The second-order valence-electron chi connectivity index (χ2n) is 0.336. The van der Waals surface area contributed by atoms with Crippen molar-refractivity contribution in [2.75, 3.05) is 0 Å². The number of thiol groups is 1. The predicted octanol–water partition coefficient (Wildman–Crippen LogP) is 1.04. The molecule has 0 atom stereocenters. The van der Waals surface area contributed by atoms with Gasteiger partial charge in [-0.3, -0.25) is 0 Å². The molecule has 26 valence electrons. The van der Waals surface area contributed by atoms with Crippen molar-refractivity contribution >= 4 is 38.7 Å². The first-order chi connectivity index (χ1) is 2.41. The van der Waals surface area contributed by atoms with Gasteiger partial charge in [0.1, 0.15) is 0 Å². The molecule has 0 radical (unpaired) electrons. The van der Waals surface area contributed by atoms with Crippen molar-refractivity contribution in [1.29, 1.82) is 0 Å². The van der Waals surface area contributed by atoms with E-state index in [0.29, 0.717) is 0 Å². The summed E-state index contributed by atoms with van der Waals surface area (Å²) in [6, 6.07) is 0. The van der Waals surface area contributed by atoms with E-state index >= 15 is 0 Å². The summed E-state index contributed by atoms with van der Waals surface area (Å²) in [6.45, 7) is 1.53. The molecule has 0 saturated carbocycles. The number of nitrogens with zero attached hydrogens (tertiary/aromatic N) is 1. The van der Waals surface area contributed by atoms with Crippen LogP contribution in [0, 0.1) is 0 Å². The van der Waals surface area contributed by atoms with Crippen LogP contribution in [0.1, 0.15) is 0 Å². The Morgan fingerprint density at radius 2 is 2.60 bits per heavy atom. The Bertz CT molecular complexity index is 51.6. The van der Waals surface area contributed by atoms with Gasteiger partial charge >= 0.3 is 43.0 Å². The zero-order valence-electron chi connectivity index (χ0n) is 2.33. The van der Waals surface area contributed by atoms with Gasteiger partial charge in [-0.25, -0.2) is 0 Å². The standard InChI is InChI=1S/BHNPS2/c4-2-1-3-5/h5H. The Labute approximate surface area is 43.5 Å². The van der Waals surface area contributed by atoms with Crippen molar-refractivity contribution in [2.45, 2.75) is 0 Å². The summed E-state index contributed by atoms with van der Waals surface area (Å²) in [5, 5.41) is 0. The molecule has 0 rings (SSSR count). The summed E-state index contributed by atoms with van der Waals surface area (Å²) in [5.74, 6) is 0. The van der Waals surface area contributed by atoms with Gasteiger partial charge in [0, 0.05) is 0 Å². The van der Waals surface area contributed by atoms with Crippen LogP contribution in [0.25, 0.3) is 0 Å². The van der Waals surface area contributed by atoms with E-state index in [9.17, 15) is 0 Å². The molecule has 0 fully saturated rings. The van der Waals surface area contributed by atoms with Crippen LogP contribution in [-0.4, -0.2) is 6.75 Å². The number of hydrogen-bond acceptors (Lipinski definition) is 2. The Balaban J connectivity index is 2.92. The van der Waals surface area contributed by atoms with Crippen LogP contribution >= 0.6 is 19.5 Å². The van der Waals surface area contributed by atoms with Crippen LogP contribution in [0.3, 0.4) is 0 Å². The molecule has 0 amide bonds. The zero-order valence-corrected chi connectivity index (χ0v) is 4.93. The van der Waals surface area contributed by atoms with Gasteiger partial charge in [-0.15, -0.1) is 0 Å². The van der Waals surface area contributed by atoms with Crippen molar-refractivity contribution < 1.29 is 0 Å². The summed E-state index contributed by atoms with van der Waals surface area (Å²) in [5.41, 5.74) is 0. The van der Waals surface area contributed by atoms with E-state index in [-0.39, 0.29) is 0 Å². The fourth-order valence-electron chi connectivity index (χ4n) is 0.0211. The summed E-state index contributed by atoms with van der Waals surface area (Å²) in [7, 11) is 0.828. The van der Waals surface area contributed by atoms with E-state index in [1.165, 1.54) is 6.75 Å². The van der Waals surface area contributed by atoms with Crippen molar-refractivity contribution in [3.63, 3.8) is 0 Å². The fourth-order valence-corrected chi connectivity index (χ4v) is 0.569. The molecule has 1 nitrogen and oxygen atoms in total. The molecule has 0 aliphatic carbocycles. The maximum atomic E-state index is 4.16. The van der Waals surface area contributed by atoms with E-state index in [4.69, 9.17) is 0 Å². The van der Waals surface area contributed by atoms with Gasteiger partial charge in [-0.1, -0.05) is 0 Å². The summed E-state index contributed by atoms with van der Waals surface area (Å²) in [6.07, 6.45) is 0. The molecule has 0 aliphatic heterocycles. The average Bonchev–Trinajstić information content (AvgIpc) is 1.41. The third-order valence-corrected chi connectivity index (χ3v) is 0.889. The Morgan fingerprint density at radius 1 is 2.00 bits per heavy atom. The molecule has 0 N–H and O–H groups in total. The summed E-state index contributed by atoms with van der Waals surface area (Å²) < 4.78 is 3.22. The minimum absolute atomic E-state index is 0.828. The first kappa shape index (κ1) is 5.73. The van der Waals surface area contributed by atoms with Crippen LogP contribution in [0.4, 0.5) is 0 Å². The van der Waals surface area contributed by atoms with Gasteiger partial charge in [-0.05, 0) is 0 Å². The van der Waals surface area contributed by atoms with Gasteiger partial charge in [0.15, 0.2) is 0 Å². The van der Waals surface area contributed by atoms with E-state index in [1.807, 2.05) is 0 Å². The third kappa shape index (κ3) is 4.73. The zero-order chi connectivity index (χ0) is 4.12. The predicted molar refractivity (Wildman–Crippen MR) is 31.5 cm³/mol. The van der Waals surface area contributed by atoms with E-state index in [2.05, 4.69) is 28.9 Å². The van der Waals surface area contributed by atoms with Crippen LogP contribution in [0.2, 0.25) is 0 Å². The molecule has 0 aromatic carbocycles. The van der Waals surface area contributed by atoms with E-state index < -0.39 is 0 Å². The molecular weight excluding hydrogens is 120 g/mol. The van der Waals surface area contributed by atoms with E-state index in [0.717, 1.165) is 7.27 Å². The Morgan fingerprint density at radius 3 is 2.60 bits per heavy atom. The van der Waals surface area contributed by atoms with E-state index in [1.54, 1.807) is 0 Å². The SMILES string of the molecule is S=NB=PS. The quantitative estimate of drug-likeness (QED) is 0.310. The van der Waals surface area contributed by atoms with Crippen molar-refractivity contribution in [3.05, 3.63) is 0 Å². The second kappa shape index (κ2) is 4.73. The molecule has 5 heteroatoms. The fraction of sp³-hybridized carbons (Fsp3) is 0. The van der Waals surface area contributed by atoms with Gasteiger partial charge in [0.2, 0.25) is 0 Å². The molecule has 0 aliphatic rings. The van der Waals surface area contributed by atoms with Gasteiger partial charge in [0.05, 0.1) is 0 Å². The van der Waals surface area contributed by atoms with Crippen LogP contribution in [0.15, 0.2) is 4.27 Å². The molecule has 0 aromatic rings. The van der Waals surface area contributed by atoms with Gasteiger partial charge in [-0.2, -0.15) is 0 Å². The van der Waals surface area contributed by atoms with Crippen molar-refractivity contribution in [1.82, 2.24) is 0 Å². The molecule has 0 aromatic heterocycles. The Hall–Kier alpha value is 0.735. The molecule has 5 heavy (non-hydrogen) atoms. The minimum atomic E-state index is 0.828. The first-order valence-corrected chi connectivity index (χ1v) is 3.38.